The Morgan fingerprint density at radius 2 is 2.21 bits per heavy atom. The molecule has 2 rings (SSSR count). The standard InChI is InChI=1S/C12H16N2O3S2/c1-8(5-6-17-2)19(15,16)12-14-10-4-3-9(13)7-11(10)18-12/h3-4,7-8H,5-6,13H2,1-2H3. The van der Waals surface area contributed by atoms with Crippen LogP contribution >= 0.6 is 11.3 Å². The molecular weight excluding hydrogens is 284 g/mol. The summed E-state index contributed by atoms with van der Waals surface area (Å²) in [4.78, 5) is 4.19. The van der Waals surface area contributed by atoms with E-state index >= 15 is 0 Å². The van der Waals surface area contributed by atoms with E-state index in [1.54, 1.807) is 32.2 Å². The summed E-state index contributed by atoms with van der Waals surface area (Å²) in [6, 6.07) is 5.19. The molecule has 0 saturated carbocycles. The molecule has 0 aliphatic heterocycles. The van der Waals surface area contributed by atoms with Gasteiger partial charge >= 0.3 is 0 Å². The van der Waals surface area contributed by atoms with Crippen LogP contribution in [0, 0.1) is 0 Å². The molecule has 0 aliphatic rings. The fourth-order valence-electron chi connectivity index (χ4n) is 1.65. The van der Waals surface area contributed by atoms with E-state index in [0.717, 1.165) is 16.0 Å². The lowest BCUT2D eigenvalue weighted by Gasteiger charge is -2.09. The van der Waals surface area contributed by atoms with Gasteiger partial charge in [0.2, 0.25) is 14.2 Å². The normalized spacial score (nSPS) is 13.8. The highest BCUT2D eigenvalue weighted by Gasteiger charge is 2.26. The highest BCUT2D eigenvalue weighted by Crippen LogP contribution is 2.29. The summed E-state index contributed by atoms with van der Waals surface area (Å²) in [5, 5.41) is -0.509. The first kappa shape index (κ1) is 14.2. The Morgan fingerprint density at radius 1 is 1.47 bits per heavy atom. The van der Waals surface area contributed by atoms with Gasteiger partial charge < -0.3 is 10.5 Å². The fraction of sp³-hybridized carbons (Fsp3) is 0.417. The minimum atomic E-state index is -3.40. The van der Waals surface area contributed by atoms with Gasteiger partial charge in [-0.3, -0.25) is 0 Å². The van der Waals surface area contributed by atoms with Crippen molar-refractivity contribution < 1.29 is 13.2 Å². The van der Waals surface area contributed by atoms with Crippen LogP contribution in [-0.2, 0) is 14.6 Å². The average Bonchev–Trinajstić information content (AvgIpc) is 2.79. The maximum absolute atomic E-state index is 12.4. The van der Waals surface area contributed by atoms with Crippen molar-refractivity contribution in [2.75, 3.05) is 19.5 Å². The molecule has 1 atom stereocenters. The molecule has 5 nitrogen and oxygen atoms in total. The maximum Gasteiger partial charge on any atom is 0.210 e. The third kappa shape index (κ3) is 2.88. The maximum atomic E-state index is 12.4. The molecule has 0 spiro atoms. The van der Waals surface area contributed by atoms with Crippen molar-refractivity contribution in [2.24, 2.45) is 0 Å². The molecule has 1 unspecified atom stereocenters. The van der Waals surface area contributed by atoms with Crippen molar-refractivity contribution in [1.82, 2.24) is 4.98 Å². The van der Waals surface area contributed by atoms with Crippen LogP contribution in [-0.4, -0.2) is 32.4 Å². The predicted octanol–water partition coefficient (Wildman–Crippen LogP) is 2.08. The number of ether oxygens (including phenoxy) is 1. The first-order chi connectivity index (χ1) is 8.95. The van der Waals surface area contributed by atoms with Crippen LogP contribution in [0.15, 0.2) is 22.5 Å². The van der Waals surface area contributed by atoms with Gasteiger partial charge in [0.05, 0.1) is 15.5 Å². The number of rotatable bonds is 5. The number of aromatic nitrogens is 1. The Morgan fingerprint density at radius 3 is 2.89 bits per heavy atom. The molecule has 2 aromatic rings. The Hall–Kier alpha value is -1.18. The number of thiazole rings is 1. The van der Waals surface area contributed by atoms with Gasteiger partial charge in [0, 0.05) is 19.4 Å². The number of nitrogens with two attached hydrogens (primary N) is 1. The minimum absolute atomic E-state index is 0.150. The lowest BCUT2D eigenvalue weighted by Crippen LogP contribution is -2.19. The summed E-state index contributed by atoms with van der Waals surface area (Å²) in [5.41, 5.74) is 6.95. The van der Waals surface area contributed by atoms with E-state index < -0.39 is 15.1 Å². The fourth-order valence-corrected chi connectivity index (χ4v) is 4.60. The number of hydrogen-bond acceptors (Lipinski definition) is 6. The topological polar surface area (TPSA) is 82.3 Å². The zero-order chi connectivity index (χ0) is 14.0. The summed E-state index contributed by atoms with van der Waals surface area (Å²) in [5.74, 6) is 0. The second-order valence-electron chi connectivity index (χ2n) is 4.34. The van der Waals surface area contributed by atoms with E-state index in [0.29, 0.717) is 24.2 Å². The Kier molecular flexibility index (Phi) is 4.07. The van der Waals surface area contributed by atoms with Crippen LogP contribution in [0.25, 0.3) is 10.2 Å². The van der Waals surface area contributed by atoms with Crippen molar-refractivity contribution >= 4 is 37.1 Å². The highest BCUT2D eigenvalue weighted by molar-refractivity contribution is 7.94. The smallest absolute Gasteiger partial charge is 0.210 e. The quantitative estimate of drug-likeness (QED) is 0.855. The van der Waals surface area contributed by atoms with Crippen LogP contribution in [0.5, 0.6) is 0 Å². The molecule has 2 N–H and O–H groups in total. The van der Waals surface area contributed by atoms with Crippen LogP contribution in [0.2, 0.25) is 0 Å². The highest BCUT2D eigenvalue weighted by atomic mass is 32.2. The van der Waals surface area contributed by atoms with E-state index in [9.17, 15) is 8.42 Å². The molecular formula is C12H16N2O3S2. The first-order valence-corrected chi connectivity index (χ1v) is 8.20. The zero-order valence-corrected chi connectivity index (χ0v) is 12.4. The van der Waals surface area contributed by atoms with Gasteiger partial charge in [-0.25, -0.2) is 13.4 Å². The molecule has 19 heavy (non-hydrogen) atoms. The van der Waals surface area contributed by atoms with Gasteiger partial charge in [0.25, 0.3) is 0 Å². The zero-order valence-electron chi connectivity index (χ0n) is 10.8. The average molecular weight is 300 g/mol. The van der Waals surface area contributed by atoms with E-state index in [1.165, 1.54) is 0 Å². The summed E-state index contributed by atoms with van der Waals surface area (Å²) in [7, 11) is -1.84. The van der Waals surface area contributed by atoms with E-state index in [1.807, 2.05) is 0 Å². The summed E-state index contributed by atoms with van der Waals surface area (Å²) >= 11 is 1.16. The van der Waals surface area contributed by atoms with Gasteiger partial charge in [0.1, 0.15) is 0 Å². The summed E-state index contributed by atoms with van der Waals surface area (Å²) in [6.07, 6.45) is 0.455. The van der Waals surface area contributed by atoms with Crippen molar-refractivity contribution in [2.45, 2.75) is 22.9 Å². The Balaban J connectivity index is 2.37. The molecule has 0 saturated heterocycles. The molecule has 0 aliphatic carbocycles. The van der Waals surface area contributed by atoms with Gasteiger partial charge in [-0.15, -0.1) is 11.3 Å². The molecule has 0 bridgehead atoms. The second kappa shape index (κ2) is 5.44. The summed E-state index contributed by atoms with van der Waals surface area (Å²) in [6.45, 7) is 2.09. The number of benzene rings is 1. The van der Waals surface area contributed by atoms with Crippen LogP contribution < -0.4 is 5.73 Å². The third-order valence-electron chi connectivity index (χ3n) is 2.89. The van der Waals surface area contributed by atoms with Crippen molar-refractivity contribution in [3.63, 3.8) is 0 Å². The molecule has 1 heterocycles. The Labute approximate surface area is 116 Å². The lowest BCUT2D eigenvalue weighted by atomic mass is 10.3. The predicted molar refractivity (Wildman–Crippen MR) is 77.2 cm³/mol. The van der Waals surface area contributed by atoms with Gasteiger partial charge in [-0.1, -0.05) is 0 Å². The number of nitrogens with zero attached hydrogens (tertiary/aromatic N) is 1. The van der Waals surface area contributed by atoms with Crippen molar-refractivity contribution in [3.8, 4) is 0 Å². The summed E-state index contributed by atoms with van der Waals surface area (Å²) < 4.78 is 30.6. The largest absolute Gasteiger partial charge is 0.399 e. The number of fused-ring (bicyclic) bond motifs is 1. The molecule has 104 valence electrons. The van der Waals surface area contributed by atoms with Gasteiger partial charge in [-0.2, -0.15) is 0 Å². The minimum Gasteiger partial charge on any atom is -0.399 e. The second-order valence-corrected chi connectivity index (χ2v) is 7.91. The van der Waals surface area contributed by atoms with E-state index in [-0.39, 0.29) is 4.34 Å². The van der Waals surface area contributed by atoms with Crippen molar-refractivity contribution in [1.29, 1.82) is 0 Å². The van der Waals surface area contributed by atoms with E-state index in [4.69, 9.17) is 10.5 Å². The van der Waals surface area contributed by atoms with Crippen LogP contribution in [0.1, 0.15) is 13.3 Å². The molecule has 0 fully saturated rings. The van der Waals surface area contributed by atoms with Gasteiger partial charge in [0.15, 0.2) is 0 Å². The number of hydrogen-bond donors (Lipinski definition) is 1. The SMILES string of the molecule is COCCC(C)S(=O)(=O)c1nc2ccc(N)cc2s1. The Bertz CT molecular complexity index is 679. The number of nitrogen functional groups attached to an aromatic ring is 1. The molecule has 0 radical (unpaired) electrons. The number of methoxy groups -OCH3 is 1. The van der Waals surface area contributed by atoms with Gasteiger partial charge in [-0.05, 0) is 31.5 Å². The van der Waals surface area contributed by atoms with Crippen molar-refractivity contribution in [3.05, 3.63) is 18.2 Å². The number of anilines is 1. The monoisotopic (exact) mass is 300 g/mol. The molecule has 0 amide bonds. The lowest BCUT2D eigenvalue weighted by molar-refractivity contribution is 0.194. The first-order valence-electron chi connectivity index (χ1n) is 5.84. The molecule has 7 heteroatoms. The third-order valence-corrected chi connectivity index (χ3v) is 6.53. The van der Waals surface area contributed by atoms with E-state index in [2.05, 4.69) is 4.98 Å². The molecule has 1 aromatic carbocycles. The van der Waals surface area contributed by atoms with Crippen LogP contribution in [0.4, 0.5) is 5.69 Å². The number of sulfone groups is 1. The van der Waals surface area contributed by atoms with Crippen LogP contribution in [0.3, 0.4) is 0 Å². The molecule has 1 aromatic heterocycles.